The van der Waals surface area contributed by atoms with Crippen molar-refractivity contribution in [1.29, 1.82) is 0 Å². The number of fused-ring (bicyclic) bond motifs is 1. The zero-order valence-electron chi connectivity index (χ0n) is 17.9. The largest absolute Gasteiger partial charge is 0.436 e. The number of hydrogen-bond donors (Lipinski definition) is 4. The Morgan fingerprint density at radius 1 is 1.17 bits per heavy atom. The summed E-state index contributed by atoms with van der Waals surface area (Å²) in [7, 11) is 0. The number of pyridine rings is 1. The van der Waals surface area contributed by atoms with Crippen LogP contribution in [0.15, 0.2) is 23.3 Å². The second-order valence-corrected chi connectivity index (χ2v) is 8.43. The Morgan fingerprint density at radius 2 is 1.86 bits per heavy atom. The molecule has 1 atom stereocenters. The number of halogens is 8. The van der Waals surface area contributed by atoms with Crippen LogP contribution >= 0.6 is 0 Å². The van der Waals surface area contributed by atoms with Crippen LogP contribution in [0.5, 0.6) is 0 Å². The lowest BCUT2D eigenvalue weighted by atomic mass is 9.76. The number of hydrogen-bond acceptors (Lipinski definition) is 7. The van der Waals surface area contributed by atoms with E-state index in [4.69, 9.17) is 4.74 Å². The van der Waals surface area contributed by atoms with Gasteiger partial charge in [0, 0.05) is 17.1 Å². The Labute approximate surface area is 192 Å². The van der Waals surface area contributed by atoms with Crippen molar-refractivity contribution >= 4 is 22.5 Å². The quantitative estimate of drug-likeness (QED) is 0.439. The first-order valence-electron chi connectivity index (χ1n) is 10.2. The average Bonchev–Trinajstić information content (AvgIpc) is 3.18. The third-order valence-corrected chi connectivity index (χ3v) is 5.64. The van der Waals surface area contributed by atoms with Crippen LogP contribution in [0, 0.1) is 6.92 Å². The van der Waals surface area contributed by atoms with Crippen LogP contribution in [-0.2, 0) is 10.9 Å². The standard InChI is InChI=1S/C20H19F8N5O2/c1-8-2-13(15-32-33-17(35-15)30-10-5-18(34,6-10)16(21)22)31-14-11(8)3-9(29-7-19(23,24)25)4-12(14)20(26,27)28/h2-4,10,16-17,29-30,33-34H,5-7H2,1H3. The van der Waals surface area contributed by atoms with E-state index in [2.05, 4.69) is 20.8 Å². The molecule has 4 N–H and O–H groups in total. The van der Waals surface area contributed by atoms with E-state index in [9.17, 15) is 40.2 Å². The highest BCUT2D eigenvalue weighted by Crippen LogP contribution is 2.39. The first kappa shape index (κ1) is 25.2. The molecule has 1 unspecified atom stereocenters. The van der Waals surface area contributed by atoms with Gasteiger partial charge in [-0.15, -0.1) is 5.10 Å². The molecule has 15 heteroatoms. The summed E-state index contributed by atoms with van der Waals surface area (Å²) in [4.78, 5) is 4.00. The maximum absolute atomic E-state index is 13.7. The van der Waals surface area contributed by atoms with Crippen molar-refractivity contribution in [2.45, 2.75) is 56.5 Å². The van der Waals surface area contributed by atoms with Crippen LogP contribution in [-0.4, -0.2) is 53.1 Å². The van der Waals surface area contributed by atoms with Gasteiger partial charge in [0.25, 0.3) is 12.3 Å². The highest BCUT2D eigenvalue weighted by atomic mass is 19.4. The van der Waals surface area contributed by atoms with E-state index in [0.717, 1.165) is 6.07 Å². The maximum atomic E-state index is 13.7. The number of ether oxygens (including phenoxy) is 1. The molecule has 2 aromatic rings. The monoisotopic (exact) mass is 513 g/mol. The molecular weight excluding hydrogens is 494 g/mol. The van der Waals surface area contributed by atoms with E-state index in [0.29, 0.717) is 6.07 Å². The number of hydrazone groups is 1. The van der Waals surface area contributed by atoms with E-state index in [1.807, 2.05) is 5.32 Å². The molecule has 4 rings (SSSR count). The number of anilines is 1. The first-order chi connectivity index (χ1) is 16.1. The maximum Gasteiger partial charge on any atom is 0.418 e. The molecule has 0 radical (unpaired) electrons. The minimum absolute atomic E-state index is 0.0183. The van der Waals surface area contributed by atoms with Crippen molar-refractivity contribution in [3.05, 3.63) is 35.0 Å². The molecule has 0 bridgehead atoms. The fourth-order valence-corrected chi connectivity index (χ4v) is 3.90. The van der Waals surface area contributed by atoms with Gasteiger partial charge in [-0.1, -0.05) is 0 Å². The summed E-state index contributed by atoms with van der Waals surface area (Å²) in [6.45, 7) is -0.0554. The van der Waals surface area contributed by atoms with Crippen LogP contribution in [0.3, 0.4) is 0 Å². The lowest BCUT2D eigenvalue weighted by Crippen LogP contribution is -2.60. The Kier molecular flexibility index (Phi) is 6.20. The van der Waals surface area contributed by atoms with Crippen molar-refractivity contribution in [3.8, 4) is 0 Å². The van der Waals surface area contributed by atoms with Gasteiger partial charge in [0.05, 0.1) is 11.1 Å². The number of nitrogens with one attached hydrogen (secondary N) is 3. The Balaban J connectivity index is 1.56. The Bertz CT molecular complexity index is 1150. The molecule has 7 nitrogen and oxygen atoms in total. The van der Waals surface area contributed by atoms with Gasteiger partial charge in [0.1, 0.15) is 17.8 Å². The van der Waals surface area contributed by atoms with Gasteiger partial charge in [-0.2, -0.15) is 26.3 Å². The molecule has 0 spiro atoms. The molecule has 2 heterocycles. The Hall–Kier alpha value is -2.94. The molecule has 1 aromatic carbocycles. The van der Waals surface area contributed by atoms with Crippen LogP contribution in [0.25, 0.3) is 10.9 Å². The van der Waals surface area contributed by atoms with Crippen LogP contribution in [0.2, 0.25) is 0 Å². The van der Waals surface area contributed by atoms with Crippen molar-refractivity contribution in [1.82, 2.24) is 15.7 Å². The SMILES string of the molecule is Cc1cc(C2=NNC(NC3CC(O)(C(F)F)C3)O2)nc2c(C(F)(F)F)cc(NCC(F)(F)F)cc12. The predicted octanol–water partition coefficient (Wildman–Crippen LogP) is 3.85. The average molecular weight is 513 g/mol. The second kappa shape index (κ2) is 8.62. The van der Waals surface area contributed by atoms with Crippen molar-refractivity contribution < 1.29 is 45.0 Å². The van der Waals surface area contributed by atoms with Crippen molar-refractivity contribution in [2.75, 3.05) is 11.9 Å². The summed E-state index contributed by atoms with van der Waals surface area (Å²) in [6, 6.07) is 2.54. The molecule has 192 valence electrons. The molecule has 1 aromatic heterocycles. The number of benzene rings is 1. The summed E-state index contributed by atoms with van der Waals surface area (Å²) < 4.78 is 110. The van der Waals surface area contributed by atoms with E-state index in [-0.39, 0.29) is 41.1 Å². The zero-order chi connectivity index (χ0) is 25.8. The Morgan fingerprint density at radius 3 is 2.46 bits per heavy atom. The van der Waals surface area contributed by atoms with Gasteiger partial charge in [-0.05, 0) is 43.5 Å². The van der Waals surface area contributed by atoms with Gasteiger partial charge in [-0.3, -0.25) is 10.7 Å². The summed E-state index contributed by atoms with van der Waals surface area (Å²) in [5.74, 6) is -0.177. The molecule has 35 heavy (non-hydrogen) atoms. The van der Waals surface area contributed by atoms with E-state index >= 15 is 0 Å². The van der Waals surface area contributed by atoms with Gasteiger partial charge < -0.3 is 15.2 Å². The van der Waals surface area contributed by atoms with Gasteiger partial charge >= 0.3 is 12.4 Å². The molecule has 1 aliphatic carbocycles. The highest BCUT2D eigenvalue weighted by Gasteiger charge is 2.50. The zero-order valence-corrected chi connectivity index (χ0v) is 17.9. The summed E-state index contributed by atoms with van der Waals surface area (Å²) in [5, 5.41) is 18.2. The number of nitrogens with zero attached hydrogens (tertiary/aromatic N) is 2. The first-order valence-corrected chi connectivity index (χ1v) is 10.2. The molecule has 0 amide bonds. The van der Waals surface area contributed by atoms with Crippen molar-refractivity contribution in [2.24, 2.45) is 5.10 Å². The van der Waals surface area contributed by atoms with Gasteiger partial charge in [-0.25, -0.2) is 13.8 Å². The number of rotatable bonds is 6. The number of alkyl halides is 8. The van der Waals surface area contributed by atoms with Crippen LogP contribution in [0.1, 0.15) is 29.7 Å². The highest BCUT2D eigenvalue weighted by molar-refractivity contribution is 5.98. The minimum atomic E-state index is -4.92. The summed E-state index contributed by atoms with van der Waals surface area (Å²) in [6.07, 6.45) is -13.9. The molecular formula is C20H19F8N5O2. The van der Waals surface area contributed by atoms with Crippen LogP contribution < -0.4 is 16.1 Å². The smallest absolute Gasteiger partial charge is 0.418 e. The van der Waals surface area contributed by atoms with E-state index in [1.54, 1.807) is 0 Å². The molecule has 2 aliphatic rings. The molecule has 1 saturated carbocycles. The number of aromatic nitrogens is 1. The van der Waals surface area contributed by atoms with E-state index < -0.39 is 54.4 Å². The summed E-state index contributed by atoms with van der Waals surface area (Å²) >= 11 is 0. The van der Waals surface area contributed by atoms with Gasteiger partial charge in [0.15, 0.2) is 0 Å². The molecule has 1 fully saturated rings. The predicted molar refractivity (Wildman–Crippen MR) is 108 cm³/mol. The fraction of sp³-hybridized carbons (Fsp3) is 0.500. The fourth-order valence-electron chi connectivity index (χ4n) is 3.90. The number of aryl methyl sites for hydroxylation is 1. The summed E-state index contributed by atoms with van der Waals surface area (Å²) in [5.41, 5.74) is -1.49. The van der Waals surface area contributed by atoms with Gasteiger partial charge in [0.2, 0.25) is 6.35 Å². The topological polar surface area (TPSA) is 90.8 Å². The van der Waals surface area contributed by atoms with Crippen LogP contribution in [0.4, 0.5) is 40.8 Å². The molecule has 1 aliphatic heterocycles. The second-order valence-electron chi connectivity index (χ2n) is 8.43. The molecule has 0 saturated heterocycles. The lowest BCUT2D eigenvalue weighted by Gasteiger charge is -2.43. The third-order valence-electron chi connectivity index (χ3n) is 5.64. The third kappa shape index (κ3) is 5.34. The normalized spacial score (nSPS) is 24.7. The van der Waals surface area contributed by atoms with Crippen molar-refractivity contribution in [3.63, 3.8) is 0 Å². The number of aliphatic hydroxyl groups is 1. The lowest BCUT2D eigenvalue weighted by molar-refractivity contribution is -0.160. The van der Waals surface area contributed by atoms with E-state index in [1.165, 1.54) is 13.0 Å². The minimum Gasteiger partial charge on any atom is -0.436 e.